The molecule has 0 N–H and O–H groups in total. The summed E-state index contributed by atoms with van der Waals surface area (Å²) >= 11 is 0. The standard InChI is InChI=1S/C22H25F3N4O/c1-13-12-28(8-9-29(13)16-4-3-5-16)21(30)20-26-19-17(22(23,24)25)10-15(14-6-7-14)11-18(19)27(20)2/h10-11,14,16H,1,3-9,12H2,2H3. The number of alkyl halides is 3. The summed E-state index contributed by atoms with van der Waals surface area (Å²) < 4.78 is 42.7. The summed E-state index contributed by atoms with van der Waals surface area (Å²) in [4.78, 5) is 21.3. The minimum absolute atomic E-state index is 0.0494. The number of benzene rings is 1. The molecule has 1 saturated heterocycles. The van der Waals surface area contributed by atoms with E-state index in [0.717, 1.165) is 31.4 Å². The molecule has 2 heterocycles. The van der Waals surface area contributed by atoms with E-state index in [1.807, 2.05) is 0 Å². The lowest BCUT2D eigenvalue weighted by atomic mass is 9.90. The Balaban J connectivity index is 1.47. The summed E-state index contributed by atoms with van der Waals surface area (Å²) in [6.07, 6.45) is 0.823. The molecule has 2 aromatic rings. The van der Waals surface area contributed by atoms with Crippen molar-refractivity contribution in [2.45, 2.75) is 50.2 Å². The largest absolute Gasteiger partial charge is 0.418 e. The van der Waals surface area contributed by atoms with Crippen LogP contribution in [0, 0.1) is 0 Å². The van der Waals surface area contributed by atoms with Crippen molar-refractivity contribution >= 4 is 16.9 Å². The van der Waals surface area contributed by atoms with Crippen molar-refractivity contribution in [3.05, 3.63) is 41.4 Å². The Morgan fingerprint density at radius 2 is 1.90 bits per heavy atom. The van der Waals surface area contributed by atoms with Gasteiger partial charge in [0.25, 0.3) is 5.91 Å². The molecule has 0 radical (unpaired) electrons. The average molecular weight is 418 g/mol. The normalized spacial score (nSPS) is 20.7. The molecule has 0 bridgehead atoms. The number of aromatic nitrogens is 2. The topological polar surface area (TPSA) is 41.4 Å². The third-order valence-corrected chi connectivity index (χ3v) is 6.75. The lowest BCUT2D eigenvalue weighted by Gasteiger charge is -2.45. The van der Waals surface area contributed by atoms with Gasteiger partial charge in [-0.05, 0) is 55.7 Å². The highest BCUT2D eigenvalue weighted by Crippen LogP contribution is 2.44. The molecule has 1 amide bonds. The highest BCUT2D eigenvalue weighted by Gasteiger charge is 2.38. The van der Waals surface area contributed by atoms with Gasteiger partial charge in [-0.3, -0.25) is 4.79 Å². The Bertz CT molecular complexity index is 1030. The van der Waals surface area contributed by atoms with Gasteiger partial charge in [-0.2, -0.15) is 13.2 Å². The van der Waals surface area contributed by atoms with E-state index in [1.165, 1.54) is 17.1 Å². The zero-order valence-corrected chi connectivity index (χ0v) is 17.0. The van der Waals surface area contributed by atoms with E-state index in [-0.39, 0.29) is 23.2 Å². The van der Waals surface area contributed by atoms with Crippen LogP contribution >= 0.6 is 0 Å². The van der Waals surface area contributed by atoms with Gasteiger partial charge in [0, 0.05) is 31.9 Å². The first-order valence-electron chi connectivity index (χ1n) is 10.6. The molecule has 0 spiro atoms. The van der Waals surface area contributed by atoms with E-state index in [1.54, 1.807) is 18.0 Å². The molecule has 3 aliphatic rings. The van der Waals surface area contributed by atoms with Gasteiger partial charge in [0.05, 0.1) is 17.6 Å². The van der Waals surface area contributed by atoms with Gasteiger partial charge >= 0.3 is 6.18 Å². The number of fused-ring (bicyclic) bond motifs is 1. The molecule has 5 nitrogen and oxygen atoms in total. The van der Waals surface area contributed by atoms with Crippen molar-refractivity contribution in [2.24, 2.45) is 7.05 Å². The number of aryl methyl sites for hydroxylation is 1. The van der Waals surface area contributed by atoms with Crippen LogP contribution in [0.3, 0.4) is 0 Å². The van der Waals surface area contributed by atoms with E-state index < -0.39 is 11.7 Å². The van der Waals surface area contributed by atoms with Gasteiger partial charge in [0.1, 0.15) is 5.52 Å². The Hall–Kier alpha value is -2.51. The Morgan fingerprint density at radius 3 is 2.47 bits per heavy atom. The molecule has 1 aliphatic heterocycles. The fraction of sp³-hybridized carbons (Fsp3) is 0.545. The van der Waals surface area contributed by atoms with Crippen molar-refractivity contribution in [1.29, 1.82) is 0 Å². The van der Waals surface area contributed by atoms with Crippen LogP contribution in [0.5, 0.6) is 0 Å². The number of nitrogens with zero attached hydrogens (tertiary/aromatic N) is 4. The number of carbonyl (C=O) groups is 1. The molecule has 2 saturated carbocycles. The van der Waals surface area contributed by atoms with Crippen LogP contribution in [-0.4, -0.2) is 50.9 Å². The molecule has 1 aromatic heterocycles. The van der Waals surface area contributed by atoms with Crippen molar-refractivity contribution in [3.8, 4) is 0 Å². The minimum Gasteiger partial charge on any atom is -0.369 e. The zero-order chi connectivity index (χ0) is 21.2. The molecule has 0 atom stereocenters. The number of rotatable bonds is 3. The van der Waals surface area contributed by atoms with Crippen molar-refractivity contribution in [3.63, 3.8) is 0 Å². The summed E-state index contributed by atoms with van der Waals surface area (Å²) in [6, 6.07) is 3.49. The molecular formula is C22H25F3N4O. The van der Waals surface area contributed by atoms with Crippen LogP contribution in [0.25, 0.3) is 11.0 Å². The number of amides is 1. The van der Waals surface area contributed by atoms with E-state index in [2.05, 4.69) is 16.5 Å². The van der Waals surface area contributed by atoms with Gasteiger partial charge < -0.3 is 14.4 Å². The molecule has 2 aliphatic carbocycles. The molecule has 0 unspecified atom stereocenters. The summed E-state index contributed by atoms with van der Waals surface area (Å²) in [5.74, 6) is -0.120. The molecule has 8 heteroatoms. The third kappa shape index (κ3) is 3.17. The Kier molecular flexibility index (Phi) is 4.38. The van der Waals surface area contributed by atoms with Crippen molar-refractivity contribution in [2.75, 3.05) is 19.6 Å². The molecule has 30 heavy (non-hydrogen) atoms. The monoisotopic (exact) mass is 418 g/mol. The van der Waals surface area contributed by atoms with Gasteiger partial charge in [0.2, 0.25) is 0 Å². The number of hydrogen-bond acceptors (Lipinski definition) is 3. The summed E-state index contributed by atoms with van der Waals surface area (Å²) in [5.41, 5.74) is 1.03. The predicted molar refractivity (Wildman–Crippen MR) is 107 cm³/mol. The molecule has 160 valence electrons. The first-order valence-corrected chi connectivity index (χ1v) is 10.6. The minimum atomic E-state index is -4.51. The number of piperazine rings is 1. The SMILES string of the molecule is C=C1CN(C(=O)c2nc3c(C(F)(F)F)cc(C4CC4)cc3n2C)CCN1C1CCC1. The number of imidazole rings is 1. The second kappa shape index (κ2) is 6.75. The number of hydrogen-bond donors (Lipinski definition) is 0. The maximum absolute atomic E-state index is 13.7. The van der Waals surface area contributed by atoms with Crippen LogP contribution in [0.4, 0.5) is 13.2 Å². The van der Waals surface area contributed by atoms with E-state index >= 15 is 0 Å². The fourth-order valence-corrected chi connectivity index (χ4v) is 4.60. The summed E-state index contributed by atoms with van der Waals surface area (Å²) in [6.45, 7) is 5.75. The van der Waals surface area contributed by atoms with Gasteiger partial charge in [-0.15, -0.1) is 0 Å². The second-order valence-electron chi connectivity index (χ2n) is 8.77. The van der Waals surface area contributed by atoms with E-state index in [9.17, 15) is 18.0 Å². The van der Waals surface area contributed by atoms with Gasteiger partial charge in [-0.1, -0.05) is 6.58 Å². The highest BCUT2D eigenvalue weighted by atomic mass is 19.4. The fourth-order valence-electron chi connectivity index (χ4n) is 4.60. The zero-order valence-electron chi connectivity index (χ0n) is 17.0. The van der Waals surface area contributed by atoms with Crippen LogP contribution in [0.1, 0.15) is 59.8 Å². The lowest BCUT2D eigenvalue weighted by molar-refractivity contribution is -0.136. The van der Waals surface area contributed by atoms with Crippen molar-refractivity contribution < 1.29 is 18.0 Å². The van der Waals surface area contributed by atoms with Crippen LogP contribution in [0.2, 0.25) is 0 Å². The van der Waals surface area contributed by atoms with E-state index in [0.29, 0.717) is 36.8 Å². The smallest absolute Gasteiger partial charge is 0.369 e. The lowest BCUT2D eigenvalue weighted by Crippen LogP contribution is -2.52. The summed E-state index contributed by atoms with van der Waals surface area (Å²) in [7, 11) is 1.62. The molecule has 3 fully saturated rings. The first-order chi connectivity index (χ1) is 14.2. The quantitative estimate of drug-likeness (QED) is 0.747. The highest BCUT2D eigenvalue weighted by molar-refractivity contribution is 5.96. The number of carbonyl (C=O) groups excluding carboxylic acids is 1. The first kappa shape index (κ1) is 19.5. The van der Waals surface area contributed by atoms with Crippen LogP contribution < -0.4 is 0 Å². The number of halogens is 3. The Labute approximate surface area is 173 Å². The predicted octanol–water partition coefficient (Wildman–Crippen LogP) is 4.29. The maximum atomic E-state index is 13.7. The van der Waals surface area contributed by atoms with E-state index in [4.69, 9.17) is 0 Å². The molecular weight excluding hydrogens is 393 g/mol. The maximum Gasteiger partial charge on any atom is 0.418 e. The van der Waals surface area contributed by atoms with Gasteiger partial charge in [-0.25, -0.2) is 4.98 Å². The third-order valence-electron chi connectivity index (χ3n) is 6.75. The van der Waals surface area contributed by atoms with Crippen molar-refractivity contribution in [1.82, 2.24) is 19.4 Å². The average Bonchev–Trinajstić information content (AvgIpc) is 3.44. The van der Waals surface area contributed by atoms with Gasteiger partial charge in [0.15, 0.2) is 5.82 Å². The second-order valence-corrected chi connectivity index (χ2v) is 8.77. The van der Waals surface area contributed by atoms with Crippen LogP contribution in [-0.2, 0) is 13.2 Å². The molecule has 1 aromatic carbocycles. The van der Waals surface area contributed by atoms with Crippen LogP contribution in [0.15, 0.2) is 24.4 Å². The Morgan fingerprint density at radius 1 is 1.17 bits per heavy atom. The summed E-state index contributed by atoms with van der Waals surface area (Å²) in [5, 5.41) is 0. The molecule has 5 rings (SSSR count).